The van der Waals surface area contributed by atoms with Crippen LogP contribution in [0.5, 0.6) is 5.75 Å². The molecule has 0 radical (unpaired) electrons. The lowest BCUT2D eigenvalue weighted by atomic mass is 9.91. The molecule has 0 amide bonds. The molecule has 3 aromatic carbocycles. The molecule has 168 valence electrons. The second-order valence-electron chi connectivity index (χ2n) is 8.43. The minimum Gasteiger partial charge on any atom is -0.491 e. The lowest BCUT2D eigenvalue weighted by Gasteiger charge is -2.29. The third kappa shape index (κ3) is 4.86. The Morgan fingerprint density at radius 3 is 2.06 bits per heavy atom. The Balaban J connectivity index is 1.46. The Morgan fingerprint density at radius 1 is 0.812 bits per heavy atom. The van der Waals surface area contributed by atoms with Crippen molar-refractivity contribution in [1.82, 2.24) is 0 Å². The van der Waals surface area contributed by atoms with E-state index in [9.17, 15) is 8.78 Å². The van der Waals surface area contributed by atoms with Crippen LogP contribution in [0.3, 0.4) is 0 Å². The SMILES string of the molecule is CCCC1CCC(c2ccc(-c3ccc(-c4ccc(OCC)c(F)c4F)cc3)cc2)OC1. The van der Waals surface area contributed by atoms with Crippen LogP contribution in [-0.4, -0.2) is 13.2 Å². The highest BCUT2D eigenvalue weighted by molar-refractivity contribution is 5.71. The van der Waals surface area contributed by atoms with Gasteiger partial charge in [0.25, 0.3) is 0 Å². The highest BCUT2D eigenvalue weighted by Gasteiger charge is 2.22. The predicted molar refractivity (Wildman–Crippen MR) is 125 cm³/mol. The fourth-order valence-electron chi connectivity index (χ4n) is 4.46. The maximum atomic E-state index is 14.5. The Bertz CT molecular complexity index is 1020. The van der Waals surface area contributed by atoms with Gasteiger partial charge in [0, 0.05) is 5.56 Å². The predicted octanol–water partition coefficient (Wildman–Crippen LogP) is 7.97. The van der Waals surface area contributed by atoms with Crippen molar-refractivity contribution in [3.63, 3.8) is 0 Å². The van der Waals surface area contributed by atoms with Gasteiger partial charge in [-0.25, -0.2) is 4.39 Å². The summed E-state index contributed by atoms with van der Waals surface area (Å²) in [4.78, 5) is 0. The summed E-state index contributed by atoms with van der Waals surface area (Å²) >= 11 is 0. The molecule has 2 nitrogen and oxygen atoms in total. The van der Waals surface area contributed by atoms with Gasteiger partial charge in [0.1, 0.15) is 0 Å². The van der Waals surface area contributed by atoms with Gasteiger partial charge in [-0.3, -0.25) is 0 Å². The molecule has 4 heteroatoms. The van der Waals surface area contributed by atoms with Gasteiger partial charge in [0.2, 0.25) is 5.82 Å². The van der Waals surface area contributed by atoms with E-state index in [4.69, 9.17) is 9.47 Å². The molecule has 1 saturated heterocycles. The molecule has 0 saturated carbocycles. The van der Waals surface area contributed by atoms with Crippen molar-refractivity contribution in [1.29, 1.82) is 0 Å². The standard InChI is InChI=1S/C28H30F2O2/c1-3-5-19-6-16-25(32-18-19)23-13-9-21(10-14-23)20-7-11-22(12-8-20)24-15-17-26(31-4-2)28(30)27(24)29/h7-15,17,19,25H,3-6,16,18H2,1-2H3. The van der Waals surface area contributed by atoms with Gasteiger partial charge in [-0.2, -0.15) is 4.39 Å². The van der Waals surface area contributed by atoms with Crippen LogP contribution in [0.15, 0.2) is 60.7 Å². The largest absolute Gasteiger partial charge is 0.491 e. The molecule has 0 aliphatic carbocycles. The van der Waals surface area contributed by atoms with Crippen molar-refractivity contribution in [2.75, 3.05) is 13.2 Å². The van der Waals surface area contributed by atoms with Crippen molar-refractivity contribution < 1.29 is 18.3 Å². The summed E-state index contributed by atoms with van der Waals surface area (Å²) in [7, 11) is 0. The maximum Gasteiger partial charge on any atom is 0.201 e. The molecule has 4 rings (SSSR count). The fraction of sp³-hybridized carbons (Fsp3) is 0.357. The minimum atomic E-state index is -0.949. The third-order valence-corrected chi connectivity index (χ3v) is 6.23. The highest BCUT2D eigenvalue weighted by atomic mass is 19.2. The summed E-state index contributed by atoms with van der Waals surface area (Å²) in [5.41, 5.74) is 4.18. The molecule has 2 unspecified atom stereocenters. The van der Waals surface area contributed by atoms with E-state index in [2.05, 4.69) is 31.2 Å². The van der Waals surface area contributed by atoms with E-state index >= 15 is 0 Å². The molecule has 0 bridgehead atoms. The van der Waals surface area contributed by atoms with Gasteiger partial charge < -0.3 is 9.47 Å². The molecule has 2 atom stereocenters. The van der Waals surface area contributed by atoms with E-state index in [1.165, 1.54) is 30.9 Å². The second-order valence-corrected chi connectivity index (χ2v) is 8.43. The second kappa shape index (κ2) is 10.3. The maximum absolute atomic E-state index is 14.5. The van der Waals surface area contributed by atoms with Crippen LogP contribution in [0.4, 0.5) is 8.78 Å². The zero-order valence-corrected chi connectivity index (χ0v) is 18.7. The Kier molecular flexibility index (Phi) is 7.21. The number of benzene rings is 3. The van der Waals surface area contributed by atoms with Crippen LogP contribution in [0.25, 0.3) is 22.3 Å². The van der Waals surface area contributed by atoms with Crippen molar-refractivity contribution in [3.05, 3.63) is 77.9 Å². The van der Waals surface area contributed by atoms with Crippen LogP contribution < -0.4 is 4.74 Å². The lowest BCUT2D eigenvalue weighted by Crippen LogP contribution is -2.20. The molecular formula is C28H30F2O2. The monoisotopic (exact) mass is 436 g/mol. The van der Waals surface area contributed by atoms with Gasteiger partial charge in [0.05, 0.1) is 19.3 Å². The Morgan fingerprint density at radius 2 is 1.47 bits per heavy atom. The van der Waals surface area contributed by atoms with Crippen molar-refractivity contribution in [2.24, 2.45) is 5.92 Å². The van der Waals surface area contributed by atoms with E-state index in [1.54, 1.807) is 13.0 Å². The smallest absolute Gasteiger partial charge is 0.201 e. The fourth-order valence-corrected chi connectivity index (χ4v) is 4.46. The van der Waals surface area contributed by atoms with Crippen LogP contribution in [0.2, 0.25) is 0 Å². The lowest BCUT2D eigenvalue weighted by molar-refractivity contribution is -0.0194. The first-order valence-electron chi connectivity index (χ1n) is 11.5. The normalized spacial score (nSPS) is 18.5. The first-order chi connectivity index (χ1) is 15.6. The van der Waals surface area contributed by atoms with E-state index in [0.29, 0.717) is 11.5 Å². The number of halogens is 2. The molecule has 1 aliphatic heterocycles. The molecule has 3 aromatic rings. The number of hydrogen-bond acceptors (Lipinski definition) is 2. The average molecular weight is 437 g/mol. The van der Waals surface area contributed by atoms with Crippen molar-refractivity contribution >= 4 is 0 Å². The van der Waals surface area contributed by atoms with E-state index < -0.39 is 11.6 Å². The summed E-state index contributed by atoms with van der Waals surface area (Å²) in [6, 6.07) is 19.0. The average Bonchev–Trinajstić information content (AvgIpc) is 2.83. The topological polar surface area (TPSA) is 18.5 Å². The quantitative estimate of drug-likeness (QED) is 0.374. The number of rotatable bonds is 7. The summed E-state index contributed by atoms with van der Waals surface area (Å²) in [6.07, 6.45) is 4.94. The van der Waals surface area contributed by atoms with E-state index in [-0.39, 0.29) is 24.0 Å². The zero-order valence-electron chi connectivity index (χ0n) is 18.7. The van der Waals surface area contributed by atoms with Crippen LogP contribution in [0.1, 0.15) is 51.2 Å². The first-order valence-corrected chi connectivity index (χ1v) is 11.5. The molecule has 32 heavy (non-hydrogen) atoms. The molecule has 1 fully saturated rings. The van der Waals surface area contributed by atoms with Crippen molar-refractivity contribution in [3.8, 4) is 28.0 Å². The van der Waals surface area contributed by atoms with Gasteiger partial charge in [-0.05, 0) is 66.5 Å². The van der Waals surface area contributed by atoms with Gasteiger partial charge >= 0.3 is 0 Å². The van der Waals surface area contributed by atoms with E-state index in [0.717, 1.165) is 24.2 Å². The Labute approximate surface area is 189 Å². The van der Waals surface area contributed by atoms with Crippen LogP contribution >= 0.6 is 0 Å². The molecule has 0 spiro atoms. The van der Waals surface area contributed by atoms with Gasteiger partial charge in [0.15, 0.2) is 11.6 Å². The third-order valence-electron chi connectivity index (χ3n) is 6.23. The zero-order chi connectivity index (χ0) is 22.5. The summed E-state index contributed by atoms with van der Waals surface area (Å²) in [6.45, 7) is 5.10. The minimum absolute atomic E-state index is 0.0618. The molecule has 0 N–H and O–H groups in total. The van der Waals surface area contributed by atoms with Crippen LogP contribution in [0, 0.1) is 17.6 Å². The first kappa shape index (κ1) is 22.5. The Hall–Kier alpha value is -2.72. The summed E-state index contributed by atoms with van der Waals surface area (Å²) in [5, 5.41) is 0. The highest BCUT2D eigenvalue weighted by Crippen LogP contribution is 2.34. The number of hydrogen-bond donors (Lipinski definition) is 0. The van der Waals surface area contributed by atoms with Gasteiger partial charge in [-0.15, -0.1) is 0 Å². The van der Waals surface area contributed by atoms with Gasteiger partial charge in [-0.1, -0.05) is 61.9 Å². The summed E-state index contributed by atoms with van der Waals surface area (Å²) < 4.78 is 40.0. The van der Waals surface area contributed by atoms with Crippen LogP contribution in [-0.2, 0) is 4.74 Å². The molecule has 0 aromatic heterocycles. The number of ether oxygens (including phenoxy) is 2. The van der Waals surface area contributed by atoms with Crippen molar-refractivity contribution in [2.45, 2.75) is 45.6 Å². The molecule has 1 aliphatic rings. The molecule has 1 heterocycles. The molecular weight excluding hydrogens is 406 g/mol. The summed E-state index contributed by atoms with van der Waals surface area (Å²) in [5.74, 6) is -1.20. The van der Waals surface area contributed by atoms with E-state index in [1.807, 2.05) is 24.3 Å².